The Hall–Kier alpha value is -3.06. The highest BCUT2D eigenvalue weighted by Crippen LogP contribution is 2.20. The maximum atomic E-state index is 12.1. The summed E-state index contributed by atoms with van der Waals surface area (Å²) in [7, 11) is 1.57. The number of anilines is 1. The molecule has 2 N–H and O–H groups in total. The van der Waals surface area contributed by atoms with E-state index in [2.05, 4.69) is 15.8 Å². The standard InChI is InChI=1S/C20H22ClN3O4/c1-13-4-5-15(21)11-18(13)22-19(25)10-14(2)23-24-20(26)12-28-17-8-6-16(27-3)7-9-17/h4-9,11H,10,12H2,1-3H3,(H,22,25)(H,24,26). The number of benzene rings is 2. The van der Waals surface area contributed by atoms with E-state index < -0.39 is 5.91 Å². The molecule has 28 heavy (non-hydrogen) atoms. The van der Waals surface area contributed by atoms with Crippen LogP contribution in [0.1, 0.15) is 18.9 Å². The topological polar surface area (TPSA) is 89.0 Å². The van der Waals surface area contributed by atoms with Crippen LogP contribution in [-0.4, -0.2) is 31.2 Å². The number of hydrogen-bond donors (Lipinski definition) is 2. The maximum absolute atomic E-state index is 12.1. The normalized spacial score (nSPS) is 10.9. The molecule has 0 atom stereocenters. The molecule has 148 valence electrons. The monoisotopic (exact) mass is 403 g/mol. The third kappa shape index (κ3) is 6.92. The first-order valence-electron chi connectivity index (χ1n) is 8.52. The Bertz CT molecular complexity index is 866. The second-order valence-corrected chi connectivity index (χ2v) is 6.47. The number of nitrogens with one attached hydrogen (secondary N) is 2. The molecule has 0 radical (unpaired) electrons. The van der Waals surface area contributed by atoms with Gasteiger partial charge in [0, 0.05) is 16.4 Å². The average Bonchev–Trinajstić information content (AvgIpc) is 2.68. The SMILES string of the molecule is COc1ccc(OCC(=O)NN=C(C)CC(=O)Nc2cc(Cl)ccc2C)cc1. The fourth-order valence-electron chi connectivity index (χ4n) is 2.21. The Morgan fingerprint density at radius 1 is 1.07 bits per heavy atom. The summed E-state index contributed by atoms with van der Waals surface area (Å²) in [4.78, 5) is 23.9. The number of carbonyl (C=O) groups is 2. The lowest BCUT2D eigenvalue weighted by Gasteiger charge is -2.09. The van der Waals surface area contributed by atoms with E-state index >= 15 is 0 Å². The highest BCUT2D eigenvalue weighted by atomic mass is 35.5. The molecule has 0 aliphatic carbocycles. The summed E-state index contributed by atoms with van der Waals surface area (Å²) in [6.45, 7) is 3.32. The Morgan fingerprint density at radius 3 is 2.43 bits per heavy atom. The molecule has 0 aliphatic rings. The van der Waals surface area contributed by atoms with Crippen LogP contribution >= 0.6 is 11.6 Å². The molecule has 2 aromatic carbocycles. The lowest BCUT2D eigenvalue weighted by Crippen LogP contribution is -2.26. The maximum Gasteiger partial charge on any atom is 0.277 e. The molecule has 0 spiro atoms. The summed E-state index contributed by atoms with van der Waals surface area (Å²) in [6, 6.07) is 12.1. The van der Waals surface area contributed by atoms with Gasteiger partial charge in [-0.2, -0.15) is 5.10 Å². The number of carbonyl (C=O) groups excluding carboxylic acids is 2. The van der Waals surface area contributed by atoms with Crippen LogP contribution in [0.4, 0.5) is 5.69 Å². The van der Waals surface area contributed by atoms with Crippen LogP contribution in [0.5, 0.6) is 11.5 Å². The van der Waals surface area contributed by atoms with Crippen LogP contribution in [0.3, 0.4) is 0 Å². The molecule has 7 nitrogen and oxygen atoms in total. The van der Waals surface area contributed by atoms with E-state index in [0.29, 0.717) is 27.9 Å². The predicted molar refractivity (Wildman–Crippen MR) is 109 cm³/mol. The van der Waals surface area contributed by atoms with Crippen molar-refractivity contribution in [3.63, 3.8) is 0 Å². The fourth-order valence-corrected chi connectivity index (χ4v) is 2.38. The van der Waals surface area contributed by atoms with Crippen LogP contribution in [0, 0.1) is 6.92 Å². The van der Waals surface area contributed by atoms with E-state index in [-0.39, 0.29) is 18.9 Å². The van der Waals surface area contributed by atoms with Crippen LogP contribution in [0.25, 0.3) is 0 Å². The molecule has 8 heteroatoms. The first kappa shape index (κ1) is 21.2. The molecule has 2 amide bonds. The van der Waals surface area contributed by atoms with Gasteiger partial charge in [0.25, 0.3) is 5.91 Å². The van der Waals surface area contributed by atoms with Gasteiger partial charge in [-0.15, -0.1) is 0 Å². The third-order valence-electron chi connectivity index (χ3n) is 3.69. The number of ether oxygens (including phenoxy) is 2. The minimum atomic E-state index is -0.429. The summed E-state index contributed by atoms with van der Waals surface area (Å²) in [6.07, 6.45) is 0.0333. The molecule has 2 rings (SSSR count). The minimum Gasteiger partial charge on any atom is -0.497 e. The van der Waals surface area contributed by atoms with Gasteiger partial charge in [-0.05, 0) is 55.8 Å². The predicted octanol–water partition coefficient (Wildman–Crippen LogP) is 3.56. The lowest BCUT2D eigenvalue weighted by atomic mass is 10.2. The highest BCUT2D eigenvalue weighted by Gasteiger charge is 2.08. The Kier molecular flexibility index (Phi) is 7.83. The molecule has 0 bridgehead atoms. The van der Waals surface area contributed by atoms with Crippen molar-refractivity contribution in [1.29, 1.82) is 0 Å². The van der Waals surface area contributed by atoms with Gasteiger partial charge in [-0.3, -0.25) is 9.59 Å². The van der Waals surface area contributed by atoms with Gasteiger partial charge in [0.1, 0.15) is 11.5 Å². The van der Waals surface area contributed by atoms with E-state index in [1.807, 2.05) is 13.0 Å². The van der Waals surface area contributed by atoms with Crippen molar-refractivity contribution in [2.24, 2.45) is 5.10 Å². The van der Waals surface area contributed by atoms with E-state index in [4.69, 9.17) is 21.1 Å². The molecule has 0 aliphatic heterocycles. The van der Waals surface area contributed by atoms with Crippen molar-refractivity contribution in [3.8, 4) is 11.5 Å². The van der Waals surface area contributed by atoms with Gasteiger partial charge >= 0.3 is 0 Å². The largest absolute Gasteiger partial charge is 0.497 e. The molecule has 0 aromatic heterocycles. The molecule has 0 saturated heterocycles. The molecular weight excluding hydrogens is 382 g/mol. The molecule has 0 heterocycles. The second-order valence-electron chi connectivity index (χ2n) is 6.03. The summed E-state index contributed by atoms with van der Waals surface area (Å²) < 4.78 is 10.4. The number of rotatable bonds is 8. The molecule has 0 fully saturated rings. The number of amides is 2. The quantitative estimate of drug-likeness (QED) is 0.521. The van der Waals surface area contributed by atoms with E-state index in [1.165, 1.54) is 0 Å². The van der Waals surface area contributed by atoms with Gasteiger partial charge in [0.05, 0.1) is 13.5 Å². The van der Waals surface area contributed by atoms with Crippen LogP contribution in [-0.2, 0) is 9.59 Å². The smallest absolute Gasteiger partial charge is 0.277 e. The van der Waals surface area contributed by atoms with E-state index in [1.54, 1.807) is 50.4 Å². The lowest BCUT2D eigenvalue weighted by molar-refractivity contribution is -0.123. The molecule has 0 saturated carbocycles. The first-order chi connectivity index (χ1) is 13.4. The summed E-state index contributed by atoms with van der Waals surface area (Å²) in [5.41, 5.74) is 4.36. The fraction of sp³-hybridized carbons (Fsp3) is 0.250. The van der Waals surface area contributed by atoms with Crippen molar-refractivity contribution in [2.45, 2.75) is 20.3 Å². The minimum absolute atomic E-state index is 0.0333. The summed E-state index contributed by atoms with van der Waals surface area (Å²) in [5, 5.41) is 7.23. The number of halogens is 1. The van der Waals surface area contributed by atoms with Crippen LogP contribution in [0.15, 0.2) is 47.6 Å². The van der Waals surface area contributed by atoms with E-state index in [0.717, 1.165) is 5.56 Å². The number of methoxy groups -OCH3 is 1. The van der Waals surface area contributed by atoms with Gasteiger partial charge < -0.3 is 14.8 Å². The van der Waals surface area contributed by atoms with Crippen LogP contribution < -0.4 is 20.2 Å². The first-order valence-corrected chi connectivity index (χ1v) is 8.90. The van der Waals surface area contributed by atoms with Crippen LogP contribution in [0.2, 0.25) is 5.02 Å². The zero-order valence-electron chi connectivity index (χ0n) is 15.9. The van der Waals surface area contributed by atoms with Crippen molar-refractivity contribution in [3.05, 3.63) is 53.1 Å². The number of aryl methyl sites for hydroxylation is 1. The zero-order chi connectivity index (χ0) is 20.5. The number of hydrogen-bond acceptors (Lipinski definition) is 5. The van der Waals surface area contributed by atoms with Crippen molar-refractivity contribution >= 4 is 34.8 Å². The third-order valence-corrected chi connectivity index (χ3v) is 3.93. The van der Waals surface area contributed by atoms with Gasteiger partial charge in [0.2, 0.25) is 5.91 Å². The van der Waals surface area contributed by atoms with Gasteiger partial charge in [0.15, 0.2) is 6.61 Å². The van der Waals surface area contributed by atoms with Crippen molar-refractivity contribution in [2.75, 3.05) is 19.0 Å². The summed E-state index contributed by atoms with van der Waals surface area (Å²) >= 11 is 5.94. The Labute approximate surface area is 168 Å². The highest BCUT2D eigenvalue weighted by molar-refractivity contribution is 6.31. The van der Waals surface area contributed by atoms with Crippen molar-refractivity contribution < 1.29 is 19.1 Å². The number of hydrazone groups is 1. The molecule has 2 aromatic rings. The number of nitrogens with zero attached hydrogens (tertiary/aromatic N) is 1. The van der Waals surface area contributed by atoms with E-state index in [9.17, 15) is 9.59 Å². The van der Waals surface area contributed by atoms with Gasteiger partial charge in [-0.25, -0.2) is 5.43 Å². The Balaban J connectivity index is 1.78. The average molecular weight is 404 g/mol. The molecule has 0 unspecified atom stereocenters. The summed E-state index contributed by atoms with van der Waals surface area (Å²) in [5.74, 6) is 0.549. The zero-order valence-corrected chi connectivity index (χ0v) is 16.7. The second kappa shape index (κ2) is 10.3. The van der Waals surface area contributed by atoms with Gasteiger partial charge in [-0.1, -0.05) is 17.7 Å². The van der Waals surface area contributed by atoms with Crippen molar-refractivity contribution in [1.82, 2.24) is 5.43 Å². The molecular formula is C20H22ClN3O4. The Morgan fingerprint density at radius 2 is 1.75 bits per heavy atom.